The molecular formula is C13H13ClN4S. The van der Waals surface area contributed by atoms with E-state index in [4.69, 9.17) is 17.3 Å². The first-order valence-electron chi connectivity index (χ1n) is 5.59. The molecule has 2 rings (SSSR count). The molecule has 0 aliphatic carbocycles. The van der Waals surface area contributed by atoms with Crippen molar-refractivity contribution in [2.75, 3.05) is 17.6 Å². The average Bonchev–Trinajstić information content (AvgIpc) is 2.42. The molecule has 0 saturated heterocycles. The van der Waals surface area contributed by atoms with Gasteiger partial charge in [0.15, 0.2) is 5.82 Å². The zero-order valence-electron chi connectivity index (χ0n) is 10.1. The van der Waals surface area contributed by atoms with Crippen LogP contribution in [0, 0.1) is 0 Å². The summed E-state index contributed by atoms with van der Waals surface area (Å²) in [6.45, 7) is 4.24. The second-order valence-corrected chi connectivity index (χ2v) is 5.17. The van der Waals surface area contributed by atoms with Crippen molar-refractivity contribution in [1.82, 2.24) is 9.97 Å². The molecule has 98 valence electrons. The molecule has 0 bridgehead atoms. The van der Waals surface area contributed by atoms with Gasteiger partial charge in [-0.05, 0) is 24.3 Å². The maximum absolute atomic E-state index is 6.03. The van der Waals surface area contributed by atoms with Gasteiger partial charge < -0.3 is 11.1 Å². The van der Waals surface area contributed by atoms with Crippen LogP contribution >= 0.6 is 23.4 Å². The Balaban J connectivity index is 2.20. The van der Waals surface area contributed by atoms with Crippen LogP contribution in [0.15, 0.2) is 53.2 Å². The quantitative estimate of drug-likeness (QED) is 0.653. The fourth-order valence-corrected chi connectivity index (χ4v) is 2.31. The van der Waals surface area contributed by atoms with Crippen LogP contribution in [0.5, 0.6) is 0 Å². The Hall–Kier alpha value is -1.72. The topological polar surface area (TPSA) is 63.8 Å². The van der Waals surface area contributed by atoms with Gasteiger partial charge in [0.1, 0.15) is 17.0 Å². The molecular weight excluding hydrogens is 280 g/mol. The third-order valence-electron chi connectivity index (χ3n) is 2.29. The monoisotopic (exact) mass is 292 g/mol. The van der Waals surface area contributed by atoms with Crippen molar-refractivity contribution in [3.8, 4) is 0 Å². The van der Waals surface area contributed by atoms with Crippen LogP contribution in [0.2, 0.25) is 5.02 Å². The van der Waals surface area contributed by atoms with Crippen molar-refractivity contribution in [3.63, 3.8) is 0 Å². The first-order chi connectivity index (χ1) is 9.20. The molecule has 1 aromatic heterocycles. The number of aromatic nitrogens is 2. The summed E-state index contributed by atoms with van der Waals surface area (Å²) >= 11 is 7.32. The Labute approximate surface area is 121 Å². The number of nitrogens with zero attached hydrogens (tertiary/aromatic N) is 2. The Morgan fingerprint density at radius 3 is 2.74 bits per heavy atom. The summed E-state index contributed by atoms with van der Waals surface area (Å²) in [6, 6.07) is 7.51. The predicted octanol–water partition coefficient (Wildman–Crippen LogP) is 3.46. The second kappa shape index (κ2) is 6.45. The van der Waals surface area contributed by atoms with Gasteiger partial charge in [0.25, 0.3) is 0 Å². The van der Waals surface area contributed by atoms with Gasteiger partial charge in [-0.3, -0.25) is 0 Å². The highest BCUT2D eigenvalue weighted by Gasteiger charge is 2.08. The van der Waals surface area contributed by atoms with E-state index in [-0.39, 0.29) is 0 Å². The Morgan fingerprint density at radius 1 is 1.32 bits per heavy atom. The minimum atomic E-state index is 0.532. The molecule has 1 aromatic carbocycles. The van der Waals surface area contributed by atoms with Gasteiger partial charge >= 0.3 is 0 Å². The van der Waals surface area contributed by atoms with Gasteiger partial charge in [0, 0.05) is 16.5 Å². The first-order valence-corrected chi connectivity index (χ1v) is 6.79. The average molecular weight is 293 g/mol. The largest absolute Gasteiger partial charge is 0.394 e. The minimum absolute atomic E-state index is 0.532. The summed E-state index contributed by atoms with van der Waals surface area (Å²) in [4.78, 5) is 9.31. The lowest BCUT2D eigenvalue weighted by Crippen LogP contribution is -2.05. The van der Waals surface area contributed by atoms with Gasteiger partial charge in [-0.15, -0.1) is 6.58 Å². The van der Waals surface area contributed by atoms with Gasteiger partial charge in [0.05, 0.1) is 0 Å². The van der Waals surface area contributed by atoms with Crippen LogP contribution in [-0.2, 0) is 0 Å². The summed E-state index contributed by atoms with van der Waals surface area (Å²) in [5.41, 5.74) is 6.56. The van der Waals surface area contributed by atoms with Crippen LogP contribution in [-0.4, -0.2) is 16.5 Å². The summed E-state index contributed by atoms with van der Waals surface area (Å²) in [6.07, 6.45) is 3.23. The van der Waals surface area contributed by atoms with Crippen LogP contribution in [0.4, 0.5) is 11.5 Å². The van der Waals surface area contributed by atoms with Crippen molar-refractivity contribution in [1.29, 1.82) is 0 Å². The highest BCUT2D eigenvalue weighted by atomic mass is 35.5. The number of rotatable bonds is 5. The van der Waals surface area contributed by atoms with E-state index < -0.39 is 0 Å². The van der Waals surface area contributed by atoms with E-state index in [1.54, 1.807) is 6.08 Å². The zero-order valence-corrected chi connectivity index (χ0v) is 11.7. The van der Waals surface area contributed by atoms with E-state index in [0.29, 0.717) is 28.1 Å². The lowest BCUT2D eigenvalue weighted by Gasteiger charge is -2.09. The van der Waals surface area contributed by atoms with Crippen LogP contribution in [0.25, 0.3) is 0 Å². The van der Waals surface area contributed by atoms with E-state index in [0.717, 1.165) is 4.90 Å². The number of nitrogen functional groups attached to an aromatic ring is 1. The molecule has 0 radical (unpaired) electrons. The lowest BCUT2D eigenvalue weighted by atomic mass is 10.4. The molecule has 0 fully saturated rings. The number of anilines is 2. The Bertz CT molecular complexity index is 571. The smallest absolute Gasteiger partial charge is 0.154 e. The van der Waals surface area contributed by atoms with Gasteiger partial charge in [-0.2, -0.15) is 0 Å². The van der Waals surface area contributed by atoms with Crippen molar-refractivity contribution >= 4 is 34.9 Å². The Kier molecular flexibility index (Phi) is 4.65. The Morgan fingerprint density at radius 2 is 2.05 bits per heavy atom. The molecule has 6 heteroatoms. The molecule has 4 nitrogen and oxygen atoms in total. The maximum atomic E-state index is 6.03. The van der Waals surface area contributed by atoms with Gasteiger partial charge in [-0.25, -0.2) is 9.97 Å². The van der Waals surface area contributed by atoms with Gasteiger partial charge in [0.2, 0.25) is 0 Å². The molecule has 0 unspecified atom stereocenters. The van der Waals surface area contributed by atoms with Crippen molar-refractivity contribution in [2.24, 2.45) is 0 Å². The first kappa shape index (κ1) is 13.7. The normalized spacial score (nSPS) is 10.2. The second-order valence-electron chi connectivity index (χ2n) is 3.67. The molecule has 0 aliphatic rings. The highest BCUT2D eigenvalue weighted by Crippen LogP contribution is 2.33. The fourth-order valence-electron chi connectivity index (χ4n) is 1.38. The third-order valence-corrected chi connectivity index (χ3v) is 3.57. The predicted molar refractivity (Wildman–Crippen MR) is 80.7 cm³/mol. The lowest BCUT2D eigenvalue weighted by molar-refractivity contribution is 1.05. The molecule has 0 saturated carbocycles. The molecule has 0 amide bonds. The highest BCUT2D eigenvalue weighted by molar-refractivity contribution is 7.99. The molecule has 1 heterocycles. The number of benzene rings is 1. The minimum Gasteiger partial charge on any atom is -0.394 e. The molecule has 2 aromatic rings. The summed E-state index contributed by atoms with van der Waals surface area (Å²) in [5, 5.41) is 4.48. The number of hydrogen-bond acceptors (Lipinski definition) is 5. The van der Waals surface area contributed by atoms with Crippen LogP contribution in [0.3, 0.4) is 0 Å². The molecule has 0 aliphatic heterocycles. The van der Waals surface area contributed by atoms with E-state index in [1.165, 1.54) is 18.1 Å². The van der Waals surface area contributed by atoms with Crippen molar-refractivity contribution in [3.05, 3.63) is 48.3 Å². The number of nitrogens with one attached hydrogen (secondary N) is 1. The molecule has 3 N–H and O–H groups in total. The fraction of sp³-hybridized carbons (Fsp3) is 0.0769. The SMILES string of the molecule is C=CCNc1ncnc(Sc2ccc(Cl)cc2)c1N. The van der Waals surface area contributed by atoms with Gasteiger partial charge in [-0.1, -0.05) is 29.4 Å². The number of halogens is 1. The number of nitrogens with two attached hydrogens (primary N) is 1. The van der Waals surface area contributed by atoms with Crippen LogP contribution in [0.1, 0.15) is 0 Å². The van der Waals surface area contributed by atoms with E-state index in [2.05, 4.69) is 21.9 Å². The molecule has 0 atom stereocenters. The van der Waals surface area contributed by atoms with Crippen molar-refractivity contribution < 1.29 is 0 Å². The third kappa shape index (κ3) is 3.62. The molecule has 0 spiro atoms. The summed E-state index contributed by atoms with van der Waals surface area (Å²) in [7, 11) is 0. The van der Waals surface area contributed by atoms with E-state index in [1.807, 2.05) is 24.3 Å². The maximum Gasteiger partial charge on any atom is 0.154 e. The standard InChI is InChI=1S/C13H13ClN4S/c1-2-7-16-12-11(15)13(18-8-17-12)19-10-5-3-9(14)4-6-10/h2-6,8H,1,7,15H2,(H,16,17,18). The molecule has 19 heavy (non-hydrogen) atoms. The summed E-state index contributed by atoms with van der Waals surface area (Å²) in [5.74, 6) is 0.617. The van der Waals surface area contributed by atoms with E-state index in [9.17, 15) is 0 Å². The number of hydrogen-bond donors (Lipinski definition) is 2. The van der Waals surface area contributed by atoms with Crippen molar-refractivity contribution in [2.45, 2.75) is 9.92 Å². The summed E-state index contributed by atoms with van der Waals surface area (Å²) < 4.78 is 0. The van der Waals surface area contributed by atoms with E-state index >= 15 is 0 Å². The zero-order chi connectivity index (χ0) is 13.7. The van der Waals surface area contributed by atoms with Crippen LogP contribution < -0.4 is 11.1 Å².